The Kier molecular flexibility index (Phi) is 5.05. The minimum Gasteiger partial charge on any atom is -0.476 e. The number of hydrogen-bond donors (Lipinski definition) is 1. The summed E-state index contributed by atoms with van der Waals surface area (Å²) in [5.41, 5.74) is -3.27. The molecule has 0 bridgehead atoms. The lowest BCUT2D eigenvalue weighted by Crippen LogP contribution is -2.45. The number of halogens is 3. The molecule has 1 aliphatic rings. The van der Waals surface area contributed by atoms with E-state index in [0.717, 1.165) is 6.07 Å². The molecule has 4 aromatic rings. The van der Waals surface area contributed by atoms with E-state index in [1.807, 2.05) is 0 Å². The van der Waals surface area contributed by atoms with Crippen LogP contribution in [0.1, 0.15) is 39.6 Å². The van der Waals surface area contributed by atoms with Crippen molar-refractivity contribution in [1.29, 1.82) is 0 Å². The lowest BCUT2D eigenvalue weighted by Gasteiger charge is -2.18. The fourth-order valence-electron chi connectivity index (χ4n) is 4.86. The number of aromatic carboxylic acids is 1. The highest BCUT2D eigenvalue weighted by molar-refractivity contribution is 5.84. The average Bonchev–Trinajstić information content (AvgIpc) is 3.33. The van der Waals surface area contributed by atoms with E-state index in [4.69, 9.17) is 0 Å². The molecule has 1 N–H and O–H groups in total. The van der Waals surface area contributed by atoms with E-state index in [0.29, 0.717) is 20.3 Å². The van der Waals surface area contributed by atoms with Crippen LogP contribution in [-0.2, 0) is 26.7 Å². The first kappa shape index (κ1) is 23.3. The summed E-state index contributed by atoms with van der Waals surface area (Å²) in [5, 5.41) is 13.4. The molecule has 1 aliphatic carbocycles. The fraction of sp³-hybridized carbons (Fsp3) is 0.261. The van der Waals surface area contributed by atoms with Crippen molar-refractivity contribution in [1.82, 2.24) is 23.5 Å². The van der Waals surface area contributed by atoms with Crippen LogP contribution in [0, 0.1) is 0 Å². The Labute approximate surface area is 199 Å². The summed E-state index contributed by atoms with van der Waals surface area (Å²) < 4.78 is 44.7. The summed E-state index contributed by atoms with van der Waals surface area (Å²) in [6, 6.07) is 6.81. The largest absolute Gasteiger partial charge is 0.476 e. The normalized spacial score (nSPS) is 15.4. The lowest BCUT2D eigenvalue weighted by atomic mass is 10.0. The zero-order chi connectivity index (χ0) is 26.1. The summed E-state index contributed by atoms with van der Waals surface area (Å²) in [4.78, 5) is 50.7. The molecule has 5 rings (SSSR count). The molecule has 10 nitrogen and oxygen atoms in total. The maximum absolute atomic E-state index is 13.5. The Balaban J connectivity index is 1.77. The Morgan fingerprint density at radius 1 is 1.03 bits per heavy atom. The van der Waals surface area contributed by atoms with E-state index in [1.165, 1.54) is 46.5 Å². The number of aryl methyl sites for hydroxylation is 2. The van der Waals surface area contributed by atoms with Crippen LogP contribution in [-0.4, -0.2) is 34.6 Å². The fourth-order valence-corrected chi connectivity index (χ4v) is 4.86. The van der Waals surface area contributed by atoms with Crippen LogP contribution in [0.25, 0.3) is 16.7 Å². The van der Waals surface area contributed by atoms with Crippen molar-refractivity contribution < 1.29 is 23.1 Å². The van der Waals surface area contributed by atoms with Crippen LogP contribution in [0.3, 0.4) is 0 Å². The molecule has 0 aliphatic heterocycles. The molecule has 2 aromatic carbocycles. The van der Waals surface area contributed by atoms with Crippen molar-refractivity contribution >= 4 is 17.0 Å². The Bertz CT molecular complexity index is 1760. The number of carboxylic acids is 1. The van der Waals surface area contributed by atoms with Crippen molar-refractivity contribution in [3.8, 4) is 5.69 Å². The van der Waals surface area contributed by atoms with Gasteiger partial charge < -0.3 is 5.11 Å². The predicted molar refractivity (Wildman–Crippen MR) is 121 cm³/mol. The number of alkyl halides is 3. The van der Waals surface area contributed by atoms with Gasteiger partial charge in [0.05, 0.1) is 28.3 Å². The highest BCUT2D eigenvalue weighted by atomic mass is 19.4. The first-order valence-electron chi connectivity index (χ1n) is 10.8. The van der Waals surface area contributed by atoms with Gasteiger partial charge in [0.25, 0.3) is 5.56 Å². The molecule has 2 heterocycles. The molecule has 0 saturated heterocycles. The Hall–Kier alpha value is -4.42. The number of carboxylic acid groups (broad SMARTS) is 1. The van der Waals surface area contributed by atoms with Gasteiger partial charge in [-0.25, -0.2) is 19.0 Å². The molecule has 1 atom stereocenters. The molecule has 2 aromatic heterocycles. The molecule has 186 valence electrons. The second kappa shape index (κ2) is 7.80. The number of nitrogens with zero attached hydrogens (tertiary/aromatic N) is 5. The third kappa shape index (κ3) is 3.30. The summed E-state index contributed by atoms with van der Waals surface area (Å²) in [5.74, 6) is -1.70. The first-order valence-corrected chi connectivity index (χ1v) is 10.8. The molecule has 0 spiro atoms. The summed E-state index contributed by atoms with van der Waals surface area (Å²) >= 11 is 0. The van der Waals surface area contributed by atoms with Crippen LogP contribution in [0.4, 0.5) is 13.2 Å². The Morgan fingerprint density at radius 2 is 1.72 bits per heavy atom. The smallest absolute Gasteiger partial charge is 0.416 e. The molecule has 0 amide bonds. The lowest BCUT2D eigenvalue weighted by molar-refractivity contribution is -0.138. The molecule has 0 saturated carbocycles. The van der Waals surface area contributed by atoms with Gasteiger partial charge in [-0.3, -0.25) is 13.9 Å². The Morgan fingerprint density at radius 3 is 2.39 bits per heavy atom. The number of benzene rings is 2. The van der Waals surface area contributed by atoms with Gasteiger partial charge in [0.2, 0.25) is 5.69 Å². The maximum Gasteiger partial charge on any atom is 0.416 e. The zero-order valence-corrected chi connectivity index (χ0v) is 18.9. The second-order valence-electron chi connectivity index (χ2n) is 8.52. The van der Waals surface area contributed by atoms with E-state index in [1.54, 1.807) is 7.05 Å². The van der Waals surface area contributed by atoms with Crippen molar-refractivity contribution in [3.05, 3.63) is 90.1 Å². The van der Waals surface area contributed by atoms with Gasteiger partial charge in [-0.15, -0.1) is 0 Å². The van der Waals surface area contributed by atoms with E-state index in [9.17, 15) is 37.5 Å². The van der Waals surface area contributed by atoms with Gasteiger partial charge in [-0.05, 0) is 48.2 Å². The van der Waals surface area contributed by atoms with E-state index in [2.05, 4.69) is 5.10 Å². The van der Waals surface area contributed by atoms with Gasteiger partial charge in [0, 0.05) is 14.1 Å². The summed E-state index contributed by atoms with van der Waals surface area (Å²) in [7, 11) is 3.08. The number of rotatable bonds is 3. The molecule has 1 unspecified atom stereocenters. The molecule has 0 fully saturated rings. The molecular formula is C23H18F3N5O5. The van der Waals surface area contributed by atoms with Gasteiger partial charge in [-0.1, -0.05) is 12.1 Å². The molecule has 13 heteroatoms. The van der Waals surface area contributed by atoms with Gasteiger partial charge in [0.1, 0.15) is 0 Å². The van der Waals surface area contributed by atoms with Crippen LogP contribution >= 0.6 is 0 Å². The van der Waals surface area contributed by atoms with E-state index in [-0.39, 0.29) is 35.3 Å². The topological polar surface area (TPSA) is 121 Å². The third-order valence-corrected chi connectivity index (χ3v) is 6.57. The van der Waals surface area contributed by atoms with Crippen LogP contribution in [0.5, 0.6) is 0 Å². The zero-order valence-electron chi connectivity index (χ0n) is 18.9. The number of hydrogen-bond acceptors (Lipinski definition) is 5. The quantitative estimate of drug-likeness (QED) is 0.457. The first-order chi connectivity index (χ1) is 16.9. The highest BCUT2D eigenvalue weighted by Crippen LogP contribution is 2.41. The minimum absolute atomic E-state index is 0.00708. The van der Waals surface area contributed by atoms with Gasteiger partial charge in [0.15, 0.2) is 0 Å². The van der Waals surface area contributed by atoms with Crippen LogP contribution < -0.4 is 16.9 Å². The highest BCUT2D eigenvalue weighted by Gasteiger charge is 2.39. The molecule has 36 heavy (non-hydrogen) atoms. The van der Waals surface area contributed by atoms with E-state index < -0.39 is 40.7 Å². The van der Waals surface area contributed by atoms with E-state index >= 15 is 0 Å². The maximum atomic E-state index is 13.5. The third-order valence-electron chi connectivity index (χ3n) is 6.57. The number of aromatic nitrogens is 5. The number of fused-ring (bicyclic) bond motifs is 2. The predicted octanol–water partition coefficient (Wildman–Crippen LogP) is 1.84. The van der Waals surface area contributed by atoms with Crippen molar-refractivity contribution in [2.24, 2.45) is 14.1 Å². The minimum atomic E-state index is -4.63. The SMILES string of the molecule is Cn1c(=O)n(C)c2cc(-n3nc(C(=O)O)c(=O)n(C4CCc5c4cccc5C(F)(F)F)c3=O)ccc21. The summed E-state index contributed by atoms with van der Waals surface area (Å²) in [6.45, 7) is 0. The standard InChI is InChI=1S/C23H18F3N5O5/c1-28-16-8-6-11(10-17(16)29(2)21(28)35)31-22(36)30(19(32)18(27-31)20(33)34)15-9-7-12-13(15)4-3-5-14(12)23(24,25)26/h3-6,8,10,15H,7,9H2,1-2H3,(H,33,34). The van der Waals surface area contributed by atoms with Gasteiger partial charge >= 0.3 is 23.5 Å². The average molecular weight is 501 g/mol. The van der Waals surface area contributed by atoms with Crippen molar-refractivity contribution in [2.75, 3.05) is 0 Å². The van der Waals surface area contributed by atoms with Gasteiger partial charge in [-0.2, -0.15) is 23.0 Å². The number of carbonyl (C=O) groups is 1. The van der Waals surface area contributed by atoms with Crippen LogP contribution in [0.15, 0.2) is 50.8 Å². The van der Waals surface area contributed by atoms with Crippen molar-refractivity contribution in [3.63, 3.8) is 0 Å². The molecule has 0 radical (unpaired) electrons. The molecular weight excluding hydrogens is 483 g/mol. The van der Waals surface area contributed by atoms with Crippen LogP contribution in [0.2, 0.25) is 0 Å². The van der Waals surface area contributed by atoms with Crippen molar-refractivity contribution in [2.45, 2.75) is 25.1 Å². The summed E-state index contributed by atoms with van der Waals surface area (Å²) in [6.07, 6.45) is -4.69. The monoisotopic (exact) mass is 501 g/mol. The number of imidazole rings is 1. The second-order valence-corrected chi connectivity index (χ2v) is 8.52.